The molecule has 0 bridgehead atoms. The number of phenols is 2. The predicted octanol–water partition coefficient (Wildman–Crippen LogP) is 6.54. The fourth-order valence-electron chi connectivity index (χ4n) is 2.75. The molecule has 0 aromatic heterocycles. The standard InChI is InChI=1S/2C8H8O3.2C4H10OS.2C4H9.Sn/c2*9-7-3-1-6(2-4-7)5-8(10)11;2*5-3-1-2-4-6;2*1-3-4-2;/h2*1-4,9H,5H2,(H,10,11);2*5-6H,1-4H2;2*1,3-4H2,2H3;. The maximum Gasteiger partial charge on any atom is 0.307 e. The molecule has 0 amide bonds. The zero-order chi connectivity index (χ0) is 33.1. The second-order valence-electron chi connectivity index (χ2n) is 9.24. The summed E-state index contributed by atoms with van der Waals surface area (Å²) in [6.45, 7) is 5.19. The Hall–Kier alpha value is -1.60. The quantitative estimate of drug-likeness (QED) is 0.0547. The third-order valence-corrected chi connectivity index (χ3v) is 9.80. The molecule has 0 unspecified atom stereocenters. The van der Waals surface area contributed by atoms with Crippen LogP contribution in [0.1, 0.15) is 76.3 Å². The minimum atomic E-state index is -0.865. The van der Waals surface area contributed by atoms with Crippen LogP contribution in [0.5, 0.6) is 11.5 Å². The van der Waals surface area contributed by atoms with Crippen LogP contribution >= 0.6 is 25.3 Å². The largest absolute Gasteiger partial charge is 0.508 e. The van der Waals surface area contributed by atoms with E-state index in [1.807, 2.05) is 0 Å². The summed E-state index contributed by atoms with van der Waals surface area (Å²) in [5.41, 5.74) is 1.38. The molecule has 0 aliphatic rings. The first-order valence-electron chi connectivity index (χ1n) is 14.7. The maximum absolute atomic E-state index is 10.2. The van der Waals surface area contributed by atoms with Gasteiger partial charge in [-0.2, -0.15) is 25.3 Å². The van der Waals surface area contributed by atoms with Gasteiger partial charge in [0.25, 0.3) is 0 Å². The van der Waals surface area contributed by atoms with Gasteiger partial charge in [0.1, 0.15) is 11.5 Å². The Morgan fingerprint density at radius 1 is 0.605 bits per heavy atom. The van der Waals surface area contributed by atoms with Gasteiger partial charge in [0.2, 0.25) is 0 Å². The number of aliphatic hydroxyl groups excluding tert-OH is 2. The molecule has 8 nitrogen and oxygen atoms in total. The number of phenolic OH excluding ortho intramolecular Hbond substituents is 2. The second kappa shape index (κ2) is 36.6. The van der Waals surface area contributed by atoms with Crippen molar-refractivity contribution >= 4 is 58.3 Å². The summed E-state index contributed by atoms with van der Waals surface area (Å²) in [5, 5.41) is 50.8. The second-order valence-corrected chi connectivity index (χ2v) is 14.4. The number of unbranched alkanes of at least 4 members (excludes halogenated alkanes) is 4. The van der Waals surface area contributed by atoms with Crippen molar-refractivity contribution < 1.29 is 40.2 Å². The van der Waals surface area contributed by atoms with Crippen molar-refractivity contribution in [3.63, 3.8) is 0 Å². The van der Waals surface area contributed by atoms with E-state index >= 15 is 0 Å². The van der Waals surface area contributed by atoms with E-state index in [1.165, 1.54) is 49.9 Å². The molecule has 0 saturated heterocycles. The van der Waals surface area contributed by atoms with Gasteiger partial charge in [-0.25, -0.2) is 0 Å². The van der Waals surface area contributed by atoms with E-state index in [0.717, 1.165) is 37.2 Å². The molecule has 2 radical (unpaired) electrons. The monoisotopic (exact) mass is 750 g/mol. The van der Waals surface area contributed by atoms with Crippen LogP contribution in [0, 0.1) is 0 Å². The predicted molar refractivity (Wildman–Crippen MR) is 184 cm³/mol. The number of carbonyl (C=O) groups is 2. The van der Waals surface area contributed by atoms with E-state index in [-0.39, 0.29) is 45.5 Å². The first kappa shape index (κ1) is 45.8. The number of hydrogen-bond donors (Lipinski definition) is 8. The first-order valence-corrected chi connectivity index (χ1v) is 20.0. The Balaban J connectivity index is -0.000000477. The van der Waals surface area contributed by atoms with Gasteiger partial charge in [0.15, 0.2) is 0 Å². The first-order chi connectivity index (χ1) is 20.6. The number of carboxylic acids is 2. The Bertz CT molecular complexity index is 789. The summed E-state index contributed by atoms with van der Waals surface area (Å²) in [4.78, 5) is 20.4. The molecule has 0 fully saturated rings. The molecule has 2 aromatic carbocycles. The van der Waals surface area contributed by atoms with Crippen molar-refractivity contribution in [2.24, 2.45) is 0 Å². The third kappa shape index (κ3) is 40.4. The van der Waals surface area contributed by atoms with Gasteiger partial charge in [-0.05, 0) is 72.6 Å². The van der Waals surface area contributed by atoms with Gasteiger partial charge in [-0.3, -0.25) is 9.59 Å². The topological polar surface area (TPSA) is 156 Å². The number of rotatable bonds is 16. The van der Waals surface area contributed by atoms with Gasteiger partial charge in [-0.1, -0.05) is 24.3 Å². The van der Waals surface area contributed by atoms with E-state index in [9.17, 15) is 9.59 Å². The smallest absolute Gasteiger partial charge is 0.307 e. The number of aromatic hydroxyl groups is 2. The van der Waals surface area contributed by atoms with Crippen LogP contribution < -0.4 is 0 Å². The molecule has 2 rings (SSSR count). The van der Waals surface area contributed by atoms with Crippen molar-refractivity contribution in [1.29, 1.82) is 0 Å². The van der Waals surface area contributed by atoms with E-state index in [0.29, 0.717) is 24.3 Å². The summed E-state index contributed by atoms with van der Waals surface area (Å²) in [7, 11) is 0. The Kier molecular flexibility index (Phi) is 39.0. The van der Waals surface area contributed by atoms with Crippen LogP contribution in [-0.2, 0) is 22.4 Å². The molecule has 11 heteroatoms. The molecule has 6 N–H and O–H groups in total. The minimum absolute atomic E-state index is 0.000278. The fourth-order valence-corrected chi connectivity index (χ4v) is 7.36. The Morgan fingerprint density at radius 3 is 1.14 bits per heavy atom. The van der Waals surface area contributed by atoms with Gasteiger partial charge in [0.05, 0.1) is 12.8 Å². The van der Waals surface area contributed by atoms with Crippen molar-refractivity contribution in [2.75, 3.05) is 24.7 Å². The van der Waals surface area contributed by atoms with Crippen molar-refractivity contribution in [3.05, 3.63) is 59.7 Å². The molecule has 2 aromatic rings. The van der Waals surface area contributed by atoms with Crippen molar-refractivity contribution in [3.8, 4) is 11.5 Å². The summed E-state index contributed by atoms with van der Waals surface area (Å²) >= 11 is 8.04. The minimum Gasteiger partial charge on any atom is -0.508 e. The van der Waals surface area contributed by atoms with E-state index in [1.54, 1.807) is 33.1 Å². The zero-order valence-corrected chi connectivity index (χ0v) is 30.5. The summed E-state index contributed by atoms with van der Waals surface area (Å²) in [6, 6.07) is 12.2. The van der Waals surface area contributed by atoms with Crippen molar-refractivity contribution in [2.45, 2.75) is 86.9 Å². The average Bonchev–Trinajstić information content (AvgIpc) is 2.98. The average molecular weight is 750 g/mol. The molecule has 0 spiro atoms. The van der Waals surface area contributed by atoms with Crippen LogP contribution in [0.25, 0.3) is 0 Å². The molecule has 43 heavy (non-hydrogen) atoms. The molecule has 0 aliphatic carbocycles. The van der Waals surface area contributed by atoms with Crippen LogP contribution in [-0.4, -0.2) is 88.4 Å². The van der Waals surface area contributed by atoms with Gasteiger partial charge in [-0.15, -0.1) is 0 Å². The molecular weight excluding hydrogens is 695 g/mol. The number of hydrogen-bond acceptors (Lipinski definition) is 8. The van der Waals surface area contributed by atoms with Crippen LogP contribution in [0.3, 0.4) is 0 Å². The zero-order valence-electron chi connectivity index (χ0n) is 25.8. The molecule has 0 saturated carbocycles. The number of thiol groups is 2. The van der Waals surface area contributed by atoms with Crippen molar-refractivity contribution in [1.82, 2.24) is 0 Å². The SMILES string of the molecule is CCC[CH2][Sn][CH2]CCC.O=C(O)Cc1ccc(O)cc1.O=C(O)Cc1ccc(O)cc1.OCCCCS.OCCCCS. The Labute approximate surface area is 280 Å². The van der Waals surface area contributed by atoms with E-state index < -0.39 is 11.9 Å². The van der Waals surface area contributed by atoms with Crippen LogP contribution in [0.4, 0.5) is 0 Å². The van der Waals surface area contributed by atoms with E-state index in [2.05, 4.69) is 39.1 Å². The summed E-state index contributed by atoms with van der Waals surface area (Å²) < 4.78 is 3.25. The molecular formula is C32H54O8S2Sn. The molecule has 246 valence electrons. The number of carboxylic acid groups (broad SMARTS) is 2. The fraction of sp³-hybridized carbons (Fsp3) is 0.562. The van der Waals surface area contributed by atoms with Crippen LogP contribution in [0.15, 0.2) is 48.5 Å². The number of aliphatic carboxylic acids is 2. The summed E-state index contributed by atoms with van der Waals surface area (Å²) in [6.07, 6.45) is 9.68. The normalized spacial score (nSPS) is 9.44. The molecule has 0 heterocycles. The van der Waals surface area contributed by atoms with E-state index in [4.69, 9.17) is 30.6 Å². The van der Waals surface area contributed by atoms with Gasteiger partial charge in [0, 0.05) is 13.2 Å². The van der Waals surface area contributed by atoms with Gasteiger partial charge < -0.3 is 30.6 Å². The molecule has 0 aliphatic heterocycles. The number of aliphatic hydroxyl groups is 2. The van der Waals surface area contributed by atoms with Gasteiger partial charge >= 0.3 is 81.5 Å². The van der Waals surface area contributed by atoms with Crippen LogP contribution in [0.2, 0.25) is 8.87 Å². The summed E-state index contributed by atoms with van der Waals surface area (Å²) in [5.74, 6) is 0.353. The number of benzene rings is 2. The Morgan fingerprint density at radius 2 is 0.930 bits per heavy atom. The molecule has 0 atom stereocenters. The maximum atomic E-state index is 10.2. The third-order valence-electron chi connectivity index (χ3n) is 5.13.